The second-order valence-electron chi connectivity index (χ2n) is 4.54. The van der Waals surface area contributed by atoms with Crippen molar-refractivity contribution in [1.29, 1.82) is 0 Å². The van der Waals surface area contributed by atoms with Crippen molar-refractivity contribution in [2.45, 2.75) is 4.90 Å². The highest BCUT2D eigenvalue weighted by atomic mass is 32.2. The van der Waals surface area contributed by atoms with Gasteiger partial charge in [-0.3, -0.25) is 0 Å². The van der Waals surface area contributed by atoms with E-state index in [4.69, 9.17) is 5.73 Å². The summed E-state index contributed by atoms with van der Waals surface area (Å²) < 4.78 is 37.6. The van der Waals surface area contributed by atoms with E-state index < -0.39 is 15.8 Å². The molecule has 1 saturated heterocycles. The molecule has 3 N–H and O–H groups in total. The quantitative estimate of drug-likeness (QED) is 0.756. The lowest BCUT2D eigenvalue weighted by molar-refractivity contribution is 0.135. The minimum absolute atomic E-state index is 0.230. The number of nitrogen functional groups attached to an aromatic ring is 1. The second kappa shape index (κ2) is 5.41. The first-order valence-corrected chi connectivity index (χ1v) is 7.38. The third-order valence-corrected chi connectivity index (χ3v) is 4.49. The Morgan fingerprint density at radius 2 is 1.89 bits per heavy atom. The van der Waals surface area contributed by atoms with E-state index in [1.807, 2.05) is 7.05 Å². The number of nitrogens with one attached hydrogen (secondary N) is 1. The van der Waals surface area contributed by atoms with Crippen LogP contribution in [0.1, 0.15) is 0 Å². The number of anilines is 1. The molecular weight excluding hydrogens is 271 g/mol. The van der Waals surface area contributed by atoms with Gasteiger partial charge < -0.3 is 10.6 Å². The van der Waals surface area contributed by atoms with Crippen LogP contribution in [0, 0.1) is 5.82 Å². The summed E-state index contributed by atoms with van der Waals surface area (Å²) in [5, 5.41) is 1.60. The summed E-state index contributed by atoms with van der Waals surface area (Å²) >= 11 is 0. The van der Waals surface area contributed by atoms with E-state index in [1.165, 1.54) is 12.1 Å². The van der Waals surface area contributed by atoms with Crippen LogP contribution in [0.2, 0.25) is 0 Å². The third-order valence-electron chi connectivity index (χ3n) is 3.05. The van der Waals surface area contributed by atoms with Gasteiger partial charge in [-0.25, -0.2) is 17.8 Å². The Morgan fingerprint density at radius 1 is 1.26 bits per heavy atom. The van der Waals surface area contributed by atoms with E-state index in [0.29, 0.717) is 13.1 Å². The number of hydrazine groups is 1. The molecule has 1 heterocycles. The van der Waals surface area contributed by atoms with E-state index in [1.54, 1.807) is 5.01 Å². The molecule has 8 heteroatoms. The highest BCUT2D eigenvalue weighted by Crippen LogP contribution is 2.21. The van der Waals surface area contributed by atoms with Crippen LogP contribution < -0.4 is 10.6 Å². The fraction of sp³-hybridized carbons (Fsp3) is 0.455. The number of benzene rings is 1. The average Bonchev–Trinajstić information content (AvgIpc) is 2.35. The van der Waals surface area contributed by atoms with Gasteiger partial charge >= 0.3 is 0 Å². The Balaban J connectivity index is 2.16. The summed E-state index contributed by atoms with van der Waals surface area (Å²) in [6, 6.07) is 3.74. The van der Waals surface area contributed by atoms with Gasteiger partial charge in [0.15, 0.2) is 0 Å². The molecule has 1 aliphatic heterocycles. The maximum absolute atomic E-state index is 13.3. The first kappa shape index (κ1) is 14.2. The fourth-order valence-electron chi connectivity index (χ4n) is 1.87. The van der Waals surface area contributed by atoms with Crippen molar-refractivity contribution < 1.29 is 12.8 Å². The maximum Gasteiger partial charge on any atom is 0.255 e. The first-order chi connectivity index (χ1) is 8.90. The molecule has 1 aromatic carbocycles. The minimum atomic E-state index is -3.84. The van der Waals surface area contributed by atoms with E-state index in [-0.39, 0.29) is 10.6 Å². The van der Waals surface area contributed by atoms with Crippen LogP contribution in [0.25, 0.3) is 0 Å². The number of para-hydroxylation sites is 1. The predicted molar refractivity (Wildman–Crippen MR) is 70.2 cm³/mol. The van der Waals surface area contributed by atoms with E-state index in [9.17, 15) is 12.8 Å². The lowest BCUT2D eigenvalue weighted by Gasteiger charge is -2.32. The van der Waals surface area contributed by atoms with Crippen molar-refractivity contribution >= 4 is 15.7 Å². The molecular formula is C11H17FN4O2S. The number of piperazine rings is 1. The number of sulfonamides is 1. The minimum Gasteiger partial charge on any atom is -0.395 e. The SMILES string of the molecule is CN1CCN(NS(=O)(=O)c2cccc(F)c2N)CC1. The molecule has 0 unspecified atom stereocenters. The van der Waals surface area contributed by atoms with Crippen molar-refractivity contribution in [3.8, 4) is 0 Å². The summed E-state index contributed by atoms with van der Waals surface area (Å²) in [6.07, 6.45) is 0. The first-order valence-electron chi connectivity index (χ1n) is 5.90. The zero-order valence-electron chi connectivity index (χ0n) is 10.6. The number of nitrogens with two attached hydrogens (primary N) is 1. The van der Waals surface area contributed by atoms with Crippen LogP contribution in [0.4, 0.5) is 10.1 Å². The summed E-state index contributed by atoms with van der Waals surface area (Å²) in [6.45, 7) is 2.68. The molecule has 0 bridgehead atoms. The zero-order valence-corrected chi connectivity index (χ0v) is 11.5. The summed E-state index contributed by atoms with van der Waals surface area (Å²) in [4.78, 5) is 4.30. The fourth-order valence-corrected chi connectivity index (χ4v) is 3.13. The topological polar surface area (TPSA) is 78.7 Å². The van der Waals surface area contributed by atoms with Gasteiger partial charge in [-0.2, -0.15) is 0 Å². The van der Waals surface area contributed by atoms with Crippen molar-refractivity contribution in [2.24, 2.45) is 0 Å². The molecule has 0 aliphatic carbocycles. The van der Waals surface area contributed by atoms with Gasteiger partial charge in [0, 0.05) is 26.2 Å². The third kappa shape index (κ3) is 3.21. The van der Waals surface area contributed by atoms with E-state index in [2.05, 4.69) is 9.73 Å². The van der Waals surface area contributed by atoms with E-state index in [0.717, 1.165) is 19.2 Å². The van der Waals surface area contributed by atoms with Crippen molar-refractivity contribution in [2.75, 3.05) is 39.0 Å². The molecule has 1 fully saturated rings. The number of hydrogen-bond acceptors (Lipinski definition) is 5. The zero-order chi connectivity index (χ0) is 14.0. The van der Waals surface area contributed by atoms with Gasteiger partial charge in [0.1, 0.15) is 10.7 Å². The number of likely N-dealkylation sites (N-methyl/N-ethyl adjacent to an activating group) is 1. The van der Waals surface area contributed by atoms with Crippen LogP contribution in [0.5, 0.6) is 0 Å². The van der Waals surface area contributed by atoms with Gasteiger partial charge in [-0.1, -0.05) is 6.07 Å². The molecule has 2 rings (SSSR count). The molecule has 1 aromatic rings. The van der Waals surface area contributed by atoms with Crippen LogP contribution in [0.3, 0.4) is 0 Å². The smallest absolute Gasteiger partial charge is 0.255 e. The molecule has 0 aromatic heterocycles. The Labute approximate surface area is 112 Å². The number of halogens is 1. The van der Waals surface area contributed by atoms with Crippen molar-refractivity contribution in [3.05, 3.63) is 24.0 Å². The van der Waals surface area contributed by atoms with E-state index >= 15 is 0 Å². The standard InChI is InChI=1S/C11H17FN4O2S/c1-15-5-7-16(8-6-15)14-19(17,18)10-4-2-3-9(12)11(10)13/h2-4,14H,5-8,13H2,1H3. The summed E-state index contributed by atoms with van der Waals surface area (Å²) in [5.41, 5.74) is 5.12. The van der Waals surface area contributed by atoms with Gasteiger partial charge in [0.05, 0.1) is 5.69 Å². The molecule has 0 spiro atoms. The molecule has 0 amide bonds. The largest absolute Gasteiger partial charge is 0.395 e. The molecule has 1 aliphatic rings. The molecule has 0 radical (unpaired) electrons. The number of hydrogen-bond donors (Lipinski definition) is 2. The van der Waals surface area contributed by atoms with Crippen LogP contribution in [-0.4, -0.2) is 51.6 Å². The maximum atomic E-state index is 13.3. The van der Waals surface area contributed by atoms with Crippen LogP contribution in [0.15, 0.2) is 23.1 Å². The number of nitrogens with zero attached hydrogens (tertiary/aromatic N) is 2. The highest BCUT2D eigenvalue weighted by molar-refractivity contribution is 7.89. The van der Waals surface area contributed by atoms with Gasteiger partial charge in [-0.05, 0) is 19.2 Å². The van der Waals surface area contributed by atoms with Crippen LogP contribution >= 0.6 is 0 Å². The lowest BCUT2D eigenvalue weighted by atomic mass is 10.3. The predicted octanol–water partition coefficient (Wildman–Crippen LogP) is -0.151. The normalized spacial score (nSPS) is 18.6. The molecule has 0 saturated carbocycles. The second-order valence-corrected chi connectivity index (χ2v) is 6.17. The summed E-state index contributed by atoms with van der Waals surface area (Å²) in [7, 11) is -1.87. The number of rotatable bonds is 3. The molecule has 19 heavy (non-hydrogen) atoms. The van der Waals surface area contributed by atoms with Crippen molar-refractivity contribution in [1.82, 2.24) is 14.7 Å². The molecule has 106 valence electrons. The Kier molecular flexibility index (Phi) is 4.04. The monoisotopic (exact) mass is 288 g/mol. The van der Waals surface area contributed by atoms with Gasteiger partial charge in [0.2, 0.25) is 0 Å². The molecule has 6 nitrogen and oxygen atoms in total. The molecule has 0 atom stereocenters. The van der Waals surface area contributed by atoms with Gasteiger partial charge in [0.25, 0.3) is 10.0 Å². The Bertz CT molecular complexity index is 556. The Hall–Kier alpha value is -1.22. The van der Waals surface area contributed by atoms with Crippen LogP contribution in [-0.2, 0) is 10.0 Å². The van der Waals surface area contributed by atoms with Crippen molar-refractivity contribution in [3.63, 3.8) is 0 Å². The average molecular weight is 288 g/mol. The van der Waals surface area contributed by atoms with Gasteiger partial charge in [-0.15, -0.1) is 4.83 Å². The summed E-state index contributed by atoms with van der Waals surface area (Å²) in [5.74, 6) is -0.735. The lowest BCUT2D eigenvalue weighted by Crippen LogP contribution is -2.52. The Morgan fingerprint density at radius 3 is 2.53 bits per heavy atom. The highest BCUT2D eigenvalue weighted by Gasteiger charge is 2.24.